The number of benzene rings is 2. The van der Waals surface area contributed by atoms with E-state index in [0.29, 0.717) is 0 Å². The van der Waals surface area contributed by atoms with Crippen molar-refractivity contribution in [3.8, 4) is 17.0 Å². The highest BCUT2D eigenvalue weighted by molar-refractivity contribution is 7.15. The number of thiazole rings is 1. The van der Waals surface area contributed by atoms with Crippen LogP contribution >= 0.6 is 11.3 Å². The molecule has 0 atom stereocenters. The lowest BCUT2D eigenvalue weighted by atomic mass is 10.1. The zero-order chi connectivity index (χ0) is 15.3. The molecule has 0 bridgehead atoms. The van der Waals surface area contributed by atoms with Gasteiger partial charge in [-0.15, -0.1) is 11.3 Å². The molecule has 4 heteroatoms. The van der Waals surface area contributed by atoms with E-state index >= 15 is 0 Å². The third-order valence-corrected chi connectivity index (χ3v) is 4.97. The highest BCUT2D eigenvalue weighted by Gasteiger charge is 2.13. The number of imidazole rings is 1. The van der Waals surface area contributed by atoms with Crippen LogP contribution in [0.15, 0.2) is 41.8 Å². The maximum absolute atomic E-state index is 5.24. The van der Waals surface area contributed by atoms with Gasteiger partial charge >= 0.3 is 0 Å². The monoisotopic (exact) mass is 308 g/mol. The van der Waals surface area contributed by atoms with Crippen molar-refractivity contribution in [3.05, 3.63) is 52.9 Å². The number of fused-ring (bicyclic) bond motifs is 3. The number of nitrogens with zero attached hydrogens (tertiary/aromatic N) is 2. The minimum atomic E-state index is 0.872. The highest BCUT2D eigenvalue weighted by Crippen LogP contribution is 2.32. The summed E-state index contributed by atoms with van der Waals surface area (Å²) in [5.41, 5.74) is 7.15. The van der Waals surface area contributed by atoms with Gasteiger partial charge < -0.3 is 4.74 Å². The zero-order valence-corrected chi connectivity index (χ0v) is 13.6. The second-order valence-corrected chi connectivity index (χ2v) is 6.34. The van der Waals surface area contributed by atoms with E-state index in [1.165, 1.54) is 27.9 Å². The van der Waals surface area contributed by atoms with Crippen molar-refractivity contribution in [1.82, 2.24) is 9.38 Å². The van der Waals surface area contributed by atoms with Gasteiger partial charge in [-0.3, -0.25) is 4.40 Å². The summed E-state index contributed by atoms with van der Waals surface area (Å²) in [6.45, 7) is 4.28. The molecule has 2 aromatic heterocycles. The van der Waals surface area contributed by atoms with Crippen LogP contribution in [0.5, 0.6) is 5.75 Å². The van der Waals surface area contributed by atoms with Gasteiger partial charge in [-0.1, -0.05) is 0 Å². The maximum atomic E-state index is 5.24. The first-order valence-electron chi connectivity index (χ1n) is 7.18. The first kappa shape index (κ1) is 13.3. The second-order valence-electron chi connectivity index (χ2n) is 5.50. The molecule has 0 saturated heterocycles. The molecule has 0 amide bonds. The van der Waals surface area contributed by atoms with Crippen LogP contribution < -0.4 is 4.74 Å². The second kappa shape index (κ2) is 4.85. The fraction of sp³-hybridized carbons (Fsp3) is 0.167. The van der Waals surface area contributed by atoms with Crippen molar-refractivity contribution in [2.75, 3.05) is 7.11 Å². The molecule has 0 spiro atoms. The van der Waals surface area contributed by atoms with E-state index in [1.54, 1.807) is 18.4 Å². The lowest BCUT2D eigenvalue weighted by molar-refractivity contribution is 0.415. The average molecular weight is 308 g/mol. The number of aryl methyl sites for hydroxylation is 2. The summed E-state index contributed by atoms with van der Waals surface area (Å²) in [6, 6.07) is 12.6. The first-order chi connectivity index (χ1) is 10.7. The summed E-state index contributed by atoms with van der Waals surface area (Å²) in [7, 11) is 1.69. The van der Waals surface area contributed by atoms with Crippen molar-refractivity contribution in [2.24, 2.45) is 0 Å². The molecule has 0 aliphatic rings. The van der Waals surface area contributed by atoms with E-state index in [9.17, 15) is 0 Å². The van der Waals surface area contributed by atoms with Crippen molar-refractivity contribution in [2.45, 2.75) is 13.8 Å². The number of aromatic nitrogens is 2. The van der Waals surface area contributed by atoms with Crippen LogP contribution in [0.1, 0.15) is 11.1 Å². The van der Waals surface area contributed by atoms with E-state index < -0.39 is 0 Å². The van der Waals surface area contributed by atoms with E-state index in [1.807, 2.05) is 12.1 Å². The predicted octanol–water partition coefficient (Wildman–Crippen LogP) is 4.84. The Hall–Kier alpha value is -2.33. The van der Waals surface area contributed by atoms with Gasteiger partial charge in [0.15, 0.2) is 4.96 Å². The molecule has 0 fully saturated rings. The van der Waals surface area contributed by atoms with Crippen molar-refractivity contribution < 1.29 is 4.74 Å². The SMILES string of the molecule is COc1ccc(-c2csc3nc4cc(C)c(C)cc4n23)cc1. The van der Waals surface area contributed by atoms with Crippen LogP contribution in [0, 0.1) is 13.8 Å². The summed E-state index contributed by atoms with van der Waals surface area (Å²) in [6.07, 6.45) is 0. The first-order valence-corrected chi connectivity index (χ1v) is 8.06. The number of hydrogen-bond donors (Lipinski definition) is 0. The van der Waals surface area contributed by atoms with Crippen LogP contribution in [-0.4, -0.2) is 16.5 Å². The van der Waals surface area contributed by atoms with E-state index in [4.69, 9.17) is 9.72 Å². The Bertz CT molecular complexity index is 980. The van der Waals surface area contributed by atoms with Crippen LogP contribution in [-0.2, 0) is 0 Å². The molecule has 2 heterocycles. The van der Waals surface area contributed by atoms with E-state index in [-0.39, 0.29) is 0 Å². The Balaban J connectivity index is 1.99. The van der Waals surface area contributed by atoms with Crippen LogP contribution in [0.3, 0.4) is 0 Å². The number of ether oxygens (including phenoxy) is 1. The highest BCUT2D eigenvalue weighted by atomic mass is 32.1. The van der Waals surface area contributed by atoms with Crippen LogP contribution in [0.4, 0.5) is 0 Å². The molecule has 0 aliphatic heterocycles. The van der Waals surface area contributed by atoms with E-state index in [0.717, 1.165) is 16.2 Å². The summed E-state index contributed by atoms with van der Waals surface area (Å²) in [5, 5.41) is 2.17. The Morgan fingerprint density at radius 2 is 1.77 bits per heavy atom. The number of methoxy groups -OCH3 is 1. The summed E-state index contributed by atoms with van der Waals surface area (Å²) in [4.78, 5) is 5.79. The predicted molar refractivity (Wildman–Crippen MR) is 92.0 cm³/mol. The van der Waals surface area contributed by atoms with Gasteiger partial charge in [-0.05, 0) is 66.9 Å². The lowest BCUT2D eigenvalue weighted by Gasteiger charge is -2.04. The third-order valence-electron chi connectivity index (χ3n) is 4.14. The number of rotatable bonds is 2. The quantitative estimate of drug-likeness (QED) is 0.529. The molecule has 110 valence electrons. The Morgan fingerprint density at radius 3 is 2.50 bits per heavy atom. The smallest absolute Gasteiger partial charge is 0.195 e. The van der Waals surface area contributed by atoms with Gasteiger partial charge in [0.25, 0.3) is 0 Å². The van der Waals surface area contributed by atoms with Gasteiger partial charge in [0.2, 0.25) is 0 Å². The Morgan fingerprint density at radius 1 is 1.05 bits per heavy atom. The molecular formula is C18H16N2OS. The molecular weight excluding hydrogens is 292 g/mol. The molecule has 0 aliphatic carbocycles. The molecule has 3 nitrogen and oxygen atoms in total. The van der Waals surface area contributed by atoms with Gasteiger partial charge in [-0.2, -0.15) is 0 Å². The van der Waals surface area contributed by atoms with Gasteiger partial charge in [-0.25, -0.2) is 4.98 Å². The summed E-state index contributed by atoms with van der Waals surface area (Å²) >= 11 is 1.68. The molecule has 4 rings (SSSR count). The standard InChI is InChI=1S/C18H16N2OS/c1-11-8-15-16(9-12(11)2)20-17(10-22-18(20)19-15)13-4-6-14(21-3)7-5-13/h4-10H,1-3H3. The van der Waals surface area contributed by atoms with Crippen LogP contribution in [0.25, 0.3) is 27.3 Å². The summed E-state index contributed by atoms with van der Waals surface area (Å²) < 4.78 is 7.49. The van der Waals surface area contributed by atoms with Crippen molar-refractivity contribution in [1.29, 1.82) is 0 Å². The molecule has 4 aromatic rings. The molecule has 2 aromatic carbocycles. The van der Waals surface area contributed by atoms with Crippen molar-refractivity contribution in [3.63, 3.8) is 0 Å². The molecule has 22 heavy (non-hydrogen) atoms. The van der Waals surface area contributed by atoms with Gasteiger partial charge in [0.1, 0.15) is 5.75 Å². The lowest BCUT2D eigenvalue weighted by Crippen LogP contribution is -1.88. The fourth-order valence-corrected chi connectivity index (χ4v) is 3.65. The summed E-state index contributed by atoms with van der Waals surface area (Å²) in [5.74, 6) is 0.872. The molecule has 0 saturated carbocycles. The maximum Gasteiger partial charge on any atom is 0.195 e. The van der Waals surface area contributed by atoms with Crippen LogP contribution in [0.2, 0.25) is 0 Å². The normalized spacial score (nSPS) is 11.4. The fourth-order valence-electron chi connectivity index (χ4n) is 2.74. The minimum Gasteiger partial charge on any atom is -0.497 e. The number of hydrogen-bond acceptors (Lipinski definition) is 3. The zero-order valence-electron chi connectivity index (χ0n) is 12.8. The molecule has 0 radical (unpaired) electrons. The Kier molecular flexibility index (Phi) is 2.94. The van der Waals surface area contributed by atoms with Crippen molar-refractivity contribution >= 4 is 27.3 Å². The minimum absolute atomic E-state index is 0.872. The largest absolute Gasteiger partial charge is 0.497 e. The van der Waals surface area contributed by atoms with Gasteiger partial charge in [0.05, 0.1) is 23.8 Å². The molecule has 0 N–H and O–H groups in total. The van der Waals surface area contributed by atoms with Gasteiger partial charge in [0, 0.05) is 5.38 Å². The average Bonchev–Trinajstić information content (AvgIpc) is 3.08. The van der Waals surface area contributed by atoms with E-state index in [2.05, 4.69) is 47.9 Å². The topological polar surface area (TPSA) is 26.5 Å². The third kappa shape index (κ3) is 1.91. The Labute approximate surface area is 132 Å². The molecule has 0 unspecified atom stereocenters.